The Balaban J connectivity index is 1.81. The summed E-state index contributed by atoms with van der Waals surface area (Å²) in [4.78, 5) is 12.2. The molecule has 0 radical (unpaired) electrons. The number of carbonyl (C=O) groups is 1. The molecular formula is C16H21NO. The minimum Gasteiger partial charge on any atom is -0.306 e. The highest BCUT2D eigenvalue weighted by Crippen LogP contribution is 2.36. The zero-order valence-corrected chi connectivity index (χ0v) is 11.0. The molecule has 2 aliphatic rings. The third kappa shape index (κ3) is 1.99. The van der Waals surface area contributed by atoms with Gasteiger partial charge in [0, 0.05) is 23.6 Å². The quantitative estimate of drug-likeness (QED) is 0.861. The fraction of sp³-hybridized carbons (Fsp3) is 0.562. The second kappa shape index (κ2) is 4.85. The van der Waals surface area contributed by atoms with Crippen molar-refractivity contribution in [3.05, 3.63) is 35.4 Å². The molecule has 2 unspecified atom stereocenters. The van der Waals surface area contributed by atoms with Gasteiger partial charge in [0.25, 0.3) is 0 Å². The van der Waals surface area contributed by atoms with Crippen molar-refractivity contribution in [3.8, 4) is 0 Å². The van der Waals surface area contributed by atoms with Crippen LogP contribution in [0.25, 0.3) is 0 Å². The van der Waals surface area contributed by atoms with Crippen LogP contribution in [0.2, 0.25) is 0 Å². The van der Waals surface area contributed by atoms with E-state index in [0.717, 1.165) is 5.56 Å². The highest BCUT2D eigenvalue weighted by Gasteiger charge is 2.37. The fourth-order valence-corrected chi connectivity index (χ4v) is 3.42. The maximum absolute atomic E-state index is 12.2. The lowest BCUT2D eigenvalue weighted by Gasteiger charge is -2.28. The summed E-state index contributed by atoms with van der Waals surface area (Å²) in [7, 11) is 0. The van der Waals surface area contributed by atoms with E-state index in [1.807, 2.05) is 18.2 Å². The summed E-state index contributed by atoms with van der Waals surface area (Å²) in [6.07, 6.45) is 6.55. The number of hydrogen-bond acceptors (Lipinski definition) is 2. The molecule has 96 valence electrons. The number of hydrogen-bond donors (Lipinski definition) is 1. The molecule has 2 nitrogen and oxygen atoms in total. The van der Waals surface area contributed by atoms with Crippen molar-refractivity contribution in [1.82, 2.24) is 5.32 Å². The van der Waals surface area contributed by atoms with Gasteiger partial charge in [0.1, 0.15) is 0 Å². The number of nitrogens with one attached hydrogen (secondary N) is 1. The van der Waals surface area contributed by atoms with Gasteiger partial charge in [0.05, 0.1) is 0 Å². The van der Waals surface area contributed by atoms with E-state index in [2.05, 4.69) is 18.3 Å². The molecule has 18 heavy (non-hydrogen) atoms. The molecule has 1 saturated carbocycles. The van der Waals surface area contributed by atoms with Crippen molar-refractivity contribution < 1.29 is 4.79 Å². The summed E-state index contributed by atoms with van der Waals surface area (Å²) in [5.41, 5.74) is 2.14. The summed E-state index contributed by atoms with van der Waals surface area (Å²) in [6.45, 7) is 2.06. The first-order valence-electron chi connectivity index (χ1n) is 7.16. The van der Waals surface area contributed by atoms with Crippen LogP contribution in [0.1, 0.15) is 61.0 Å². The van der Waals surface area contributed by atoms with E-state index in [-0.39, 0.29) is 12.0 Å². The van der Waals surface area contributed by atoms with Gasteiger partial charge >= 0.3 is 0 Å². The Morgan fingerprint density at radius 1 is 1.11 bits per heavy atom. The Hall–Kier alpha value is -1.15. The van der Waals surface area contributed by atoms with Crippen LogP contribution in [0, 0.1) is 5.92 Å². The summed E-state index contributed by atoms with van der Waals surface area (Å²) in [5, 5.41) is 3.73. The number of Topliss-reactive ketones (excluding diaryl/α,β-unsaturated/α-hetero) is 1. The molecule has 0 amide bonds. The first kappa shape index (κ1) is 11.9. The number of ketones is 1. The minimum absolute atomic E-state index is 0.0873. The van der Waals surface area contributed by atoms with Crippen molar-refractivity contribution in [2.24, 2.45) is 5.92 Å². The lowest BCUT2D eigenvalue weighted by molar-refractivity contribution is 0.0922. The average Bonchev–Trinajstić information content (AvgIpc) is 2.66. The van der Waals surface area contributed by atoms with Crippen LogP contribution < -0.4 is 5.32 Å². The normalized spacial score (nSPS) is 28.4. The molecule has 0 saturated heterocycles. The second-order valence-electron chi connectivity index (χ2n) is 5.72. The molecule has 2 atom stereocenters. The molecule has 1 aromatic carbocycles. The van der Waals surface area contributed by atoms with Crippen molar-refractivity contribution >= 4 is 5.78 Å². The van der Waals surface area contributed by atoms with Crippen LogP contribution in [0.3, 0.4) is 0 Å². The van der Waals surface area contributed by atoms with Gasteiger partial charge in [-0.15, -0.1) is 0 Å². The maximum Gasteiger partial charge on any atom is 0.167 e. The van der Waals surface area contributed by atoms with Gasteiger partial charge in [0.15, 0.2) is 5.78 Å². The Morgan fingerprint density at radius 2 is 1.83 bits per heavy atom. The van der Waals surface area contributed by atoms with E-state index in [1.165, 1.54) is 37.7 Å². The number of carbonyl (C=O) groups excluding carboxylic acids is 1. The molecule has 3 rings (SSSR count). The molecular weight excluding hydrogens is 222 g/mol. The van der Waals surface area contributed by atoms with Gasteiger partial charge in [-0.25, -0.2) is 0 Å². The molecule has 0 aliphatic heterocycles. The van der Waals surface area contributed by atoms with Crippen molar-refractivity contribution in [1.29, 1.82) is 0 Å². The van der Waals surface area contributed by atoms with Gasteiger partial charge in [-0.2, -0.15) is 0 Å². The van der Waals surface area contributed by atoms with Crippen LogP contribution in [-0.4, -0.2) is 11.8 Å². The standard InChI is InChI=1S/C16H21NO/c1-11-15(17-12-7-3-2-4-8-12)13-9-5-6-10-14(13)16(11)18/h5-6,9-12,15,17H,2-4,7-8H2,1H3. The third-order valence-corrected chi connectivity index (χ3v) is 4.50. The average molecular weight is 243 g/mol. The van der Waals surface area contributed by atoms with Crippen LogP contribution in [0.4, 0.5) is 0 Å². The fourth-order valence-electron chi connectivity index (χ4n) is 3.42. The maximum atomic E-state index is 12.2. The van der Waals surface area contributed by atoms with Crippen LogP contribution in [-0.2, 0) is 0 Å². The monoisotopic (exact) mass is 243 g/mol. The molecule has 2 heteroatoms. The van der Waals surface area contributed by atoms with E-state index in [9.17, 15) is 4.79 Å². The number of benzene rings is 1. The molecule has 1 aromatic rings. The lowest BCUT2D eigenvalue weighted by Crippen LogP contribution is -2.36. The SMILES string of the molecule is CC1C(=O)c2ccccc2C1NC1CCCCC1. The van der Waals surface area contributed by atoms with E-state index >= 15 is 0 Å². The molecule has 0 heterocycles. The largest absolute Gasteiger partial charge is 0.306 e. The van der Waals surface area contributed by atoms with E-state index in [4.69, 9.17) is 0 Å². The first-order valence-corrected chi connectivity index (χ1v) is 7.16. The van der Waals surface area contributed by atoms with Crippen molar-refractivity contribution in [2.75, 3.05) is 0 Å². The van der Waals surface area contributed by atoms with Gasteiger partial charge < -0.3 is 5.32 Å². The highest BCUT2D eigenvalue weighted by atomic mass is 16.1. The van der Waals surface area contributed by atoms with Crippen LogP contribution in [0.5, 0.6) is 0 Å². The summed E-state index contributed by atoms with van der Waals surface area (Å²) < 4.78 is 0. The van der Waals surface area contributed by atoms with Gasteiger partial charge in [0.2, 0.25) is 0 Å². The Morgan fingerprint density at radius 3 is 2.61 bits per heavy atom. The van der Waals surface area contributed by atoms with E-state index < -0.39 is 0 Å². The van der Waals surface area contributed by atoms with E-state index in [1.54, 1.807) is 0 Å². The summed E-state index contributed by atoms with van der Waals surface area (Å²) in [6, 6.07) is 8.92. The van der Waals surface area contributed by atoms with Crippen LogP contribution >= 0.6 is 0 Å². The minimum atomic E-state index is 0.0873. The van der Waals surface area contributed by atoms with Gasteiger partial charge in [-0.1, -0.05) is 50.5 Å². The van der Waals surface area contributed by atoms with Gasteiger partial charge in [-0.05, 0) is 18.4 Å². The van der Waals surface area contributed by atoms with E-state index in [0.29, 0.717) is 11.8 Å². The Labute approximate surface area is 109 Å². The smallest absolute Gasteiger partial charge is 0.167 e. The lowest BCUT2D eigenvalue weighted by atomic mass is 9.93. The van der Waals surface area contributed by atoms with Crippen molar-refractivity contribution in [3.63, 3.8) is 0 Å². The Bertz CT molecular complexity index is 448. The zero-order chi connectivity index (χ0) is 12.5. The van der Waals surface area contributed by atoms with Gasteiger partial charge in [-0.3, -0.25) is 4.79 Å². The molecule has 0 spiro atoms. The number of fused-ring (bicyclic) bond motifs is 1. The molecule has 2 aliphatic carbocycles. The predicted molar refractivity (Wildman–Crippen MR) is 72.7 cm³/mol. The topological polar surface area (TPSA) is 29.1 Å². The molecule has 1 N–H and O–H groups in total. The summed E-state index contributed by atoms with van der Waals surface area (Å²) in [5.74, 6) is 0.392. The summed E-state index contributed by atoms with van der Waals surface area (Å²) >= 11 is 0. The number of rotatable bonds is 2. The molecule has 1 fully saturated rings. The molecule has 0 aromatic heterocycles. The predicted octanol–water partition coefficient (Wildman–Crippen LogP) is 3.48. The molecule has 0 bridgehead atoms. The first-order chi connectivity index (χ1) is 8.77. The zero-order valence-electron chi connectivity index (χ0n) is 11.0. The Kier molecular flexibility index (Phi) is 3.21. The second-order valence-corrected chi connectivity index (χ2v) is 5.72. The highest BCUT2D eigenvalue weighted by molar-refractivity contribution is 6.02. The van der Waals surface area contributed by atoms with Crippen LogP contribution in [0.15, 0.2) is 24.3 Å². The van der Waals surface area contributed by atoms with Crippen molar-refractivity contribution in [2.45, 2.75) is 51.1 Å². The third-order valence-electron chi connectivity index (χ3n) is 4.50.